The van der Waals surface area contributed by atoms with E-state index in [0.717, 1.165) is 36.7 Å². The van der Waals surface area contributed by atoms with Gasteiger partial charge < -0.3 is 15.8 Å². The number of nitrogens with zero attached hydrogens (tertiary/aromatic N) is 1. The molecule has 0 bridgehead atoms. The summed E-state index contributed by atoms with van der Waals surface area (Å²) in [4.78, 5) is 4.30. The van der Waals surface area contributed by atoms with E-state index in [0.29, 0.717) is 0 Å². The summed E-state index contributed by atoms with van der Waals surface area (Å²) in [5.41, 5.74) is 7.60. The van der Waals surface area contributed by atoms with E-state index in [1.807, 2.05) is 13.0 Å². The number of hydrogen-bond acceptors (Lipinski definition) is 4. The first-order chi connectivity index (χ1) is 7.09. The first kappa shape index (κ1) is 10.2. The summed E-state index contributed by atoms with van der Waals surface area (Å²) in [7, 11) is 0. The minimum absolute atomic E-state index is 0.00526. The standard InChI is InChI=1S/C11H17N3O/c1-8-6-13-10(5-9(8)12)14-11(2)3-4-15-7-11/h5-6H,3-4,7H2,1-2H3,(H3,12,13,14). The number of aryl methyl sites for hydroxylation is 1. The third kappa shape index (κ3) is 2.21. The van der Waals surface area contributed by atoms with Crippen LogP contribution in [0.4, 0.5) is 11.5 Å². The SMILES string of the molecule is Cc1cnc(NC2(C)CCOC2)cc1N. The Kier molecular flexibility index (Phi) is 2.52. The molecule has 1 fully saturated rings. The Labute approximate surface area is 89.8 Å². The minimum atomic E-state index is -0.00526. The average Bonchev–Trinajstić information content (AvgIpc) is 2.59. The number of nitrogens with two attached hydrogens (primary N) is 1. The highest BCUT2D eigenvalue weighted by Crippen LogP contribution is 2.24. The Hall–Kier alpha value is -1.29. The summed E-state index contributed by atoms with van der Waals surface area (Å²) >= 11 is 0. The first-order valence-electron chi connectivity index (χ1n) is 5.17. The molecule has 0 aromatic carbocycles. The number of rotatable bonds is 2. The van der Waals surface area contributed by atoms with E-state index in [4.69, 9.17) is 10.5 Å². The van der Waals surface area contributed by atoms with Gasteiger partial charge in [-0.15, -0.1) is 0 Å². The molecule has 1 aliphatic rings. The first-order valence-corrected chi connectivity index (χ1v) is 5.17. The largest absolute Gasteiger partial charge is 0.398 e. The molecule has 1 unspecified atom stereocenters. The number of aromatic nitrogens is 1. The van der Waals surface area contributed by atoms with Gasteiger partial charge in [-0.2, -0.15) is 0 Å². The molecule has 4 nitrogen and oxygen atoms in total. The zero-order chi connectivity index (χ0) is 10.9. The van der Waals surface area contributed by atoms with Crippen molar-refractivity contribution in [2.75, 3.05) is 24.3 Å². The fourth-order valence-corrected chi connectivity index (χ4v) is 1.68. The molecule has 1 atom stereocenters. The van der Waals surface area contributed by atoms with Crippen LogP contribution in [0.2, 0.25) is 0 Å². The summed E-state index contributed by atoms with van der Waals surface area (Å²) in [5.74, 6) is 0.825. The normalized spacial score (nSPS) is 25.5. The van der Waals surface area contributed by atoms with Crippen molar-refractivity contribution in [2.24, 2.45) is 0 Å². The summed E-state index contributed by atoms with van der Waals surface area (Å²) in [6.07, 6.45) is 2.79. The fraction of sp³-hybridized carbons (Fsp3) is 0.545. The van der Waals surface area contributed by atoms with Crippen molar-refractivity contribution in [3.05, 3.63) is 17.8 Å². The summed E-state index contributed by atoms with van der Waals surface area (Å²) in [6.45, 7) is 5.62. The van der Waals surface area contributed by atoms with Crippen LogP contribution in [0.1, 0.15) is 18.9 Å². The van der Waals surface area contributed by atoms with Crippen molar-refractivity contribution in [2.45, 2.75) is 25.8 Å². The van der Waals surface area contributed by atoms with Gasteiger partial charge in [-0.05, 0) is 25.8 Å². The highest BCUT2D eigenvalue weighted by molar-refractivity contribution is 5.54. The molecule has 0 saturated carbocycles. The quantitative estimate of drug-likeness (QED) is 0.772. The van der Waals surface area contributed by atoms with Crippen LogP contribution in [-0.2, 0) is 4.74 Å². The van der Waals surface area contributed by atoms with Gasteiger partial charge in [-0.3, -0.25) is 0 Å². The second-order valence-corrected chi connectivity index (χ2v) is 4.41. The predicted molar refractivity (Wildman–Crippen MR) is 60.9 cm³/mol. The van der Waals surface area contributed by atoms with Crippen molar-refractivity contribution >= 4 is 11.5 Å². The summed E-state index contributed by atoms with van der Waals surface area (Å²) in [5, 5.41) is 3.37. The van der Waals surface area contributed by atoms with Crippen molar-refractivity contribution < 1.29 is 4.74 Å². The van der Waals surface area contributed by atoms with E-state index in [-0.39, 0.29) is 5.54 Å². The van der Waals surface area contributed by atoms with Crippen LogP contribution in [0.5, 0.6) is 0 Å². The maximum absolute atomic E-state index is 5.83. The molecular formula is C11H17N3O. The van der Waals surface area contributed by atoms with E-state index in [9.17, 15) is 0 Å². The Morgan fingerprint density at radius 1 is 1.60 bits per heavy atom. The second kappa shape index (κ2) is 3.70. The van der Waals surface area contributed by atoms with Crippen molar-refractivity contribution in [1.82, 2.24) is 4.98 Å². The third-order valence-corrected chi connectivity index (χ3v) is 2.79. The van der Waals surface area contributed by atoms with Gasteiger partial charge in [-0.1, -0.05) is 0 Å². The van der Waals surface area contributed by atoms with Crippen LogP contribution >= 0.6 is 0 Å². The monoisotopic (exact) mass is 207 g/mol. The smallest absolute Gasteiger partial charge is 0.128 e. The number of pyridine rings is 1. The highest BCUT2D eigenvalue weighted by atomic mass is 16.5. The Morgan fingerprint density at radius 3 is 3.00 bits per heavy atom. The molecule has 0 radical (unpaired) electrons. The van der Waals surface area contributed by atoms with Gasteiger partial charge in [-0.25, -0.2) is 4.98 Å². The van der Waals surface area contributed by atoms with Crippen molar-refractivity contribution in [3.8, 4) is 0 Å². The van der Waals surface area contributed by atoms with Gasteiger partial charge in [0, 0.05) is 24.6 Å². The molecule has 2 rings (SSSR count). The molecule has 4 heteroatoms. The average molecular weight is 207 g/mol. The van der Waals surface area contributed by atoms with Crippen LogP contribution in [0.25, 0.3) is 0 Å². The Morgan fingerprint density at radius 2 is 2.40 bits per heavy atom. The zero-order valence-electron chi connectivity index (χ0n) is 9.21. The van der Waals surface area contributed by atoms with Crippen LogP contribution < -0.4 is 11.1 Å². The maximum atomic E-state index is 5.83. The Balaban J connectivity index is 2.13. The molecule has 1 aliphatic heterocycles. The topological polar surface area (TPSA) is 60.2 Å². The van der Waals surface area contributed by atoms with Gasteiger partial charge in [0.1, 0.15) is 5.82 Å². The molecule has 1 saturated heterocycles. The summed E-state index contributed by atoms with van der Waals surface area (Å²) in [6, 6.07) is 1.87. The van der Waals surface area contributed by atoms with Crippen LogP contribution in [-0.4, -0.2) is 23.7 Å². The lowest BCUT2D eigenvalue weighted by atomic mass is 10.0. The minimum Gasteiger partial charge on any atom is -0.398 e. The van der Waals surface area contributed by atoms with Gasteiger partial charge in [0.05, 0.1) is 12.1 Å². The lowest BCUT2D eigenvalue weighted by molar-refractivity contribution is 0.185. The number of nitrogens with one attached hydrogen (secondary N) is 1. The molecule has 2 heterocycles. The molecule has 1 aromatic heterocycles. The molecule has 0 amide bonds. The molecule has 1 aromatic rings. The van der Waals surface area contributed by atoms with Crippen LogP contribution in [0, 0.1) is 6.92 Å². The number of hydrogen-bond donors (Lipinski definition) is 2. The zero-order valence-corrected chi connectivity index (χ0v) is 9.21. The summed E-state index contributed by atoms with van der Waals surface area (Å²) < 4.78 is 5.36. The third-order valence-electron chi connectivity index (χ3n) is 2.79. The maximum Gasteiger partial charge on any atom is 0.128 e. The van der Waals surface area contributed by atoms with E-state index >= 15 is 0 Å². The fourth-order valence-electron chi connectivity index (χ4n) is 1.68. The van der Waals surface area contributed by atoms with Gasteiger partial charge in [0.2, 0.25) is 0 Å². The highest BCUT2D eigenvalue weighted by Gasteiger charge is 2.29. The van der Waals surface area contributed by atoms with E-state index in [2.05, 4.69) is 17.2 Å². The van der Waals surface area contributed by atoms with Gasteiger partial charge in [0.25, 0.3) is 0 Å². The van der Waals surface area contributed by atoms with Crippen molar-refractivity contribution in [1.29, 1.82) is 0 Å². The van der Waals surface area contributed by atoms with E-state index in [1.54, 1.807) is 6.20 Å². The second-order valence-electron chi connectivity index (χ2n) is 4.41. The molecule has 82 valence electrons. The van der Waals surface area contributed by atoms with E-state index in [1.165, 1.54) is 0 Å². The Bertz CT molecular complexity index is 359. The lowest BCUT2D eigenvalue weighted by Crippen LogP contribution is -2.35. The molecule has 0 aliphatic carbocycles. The molecular weight excluding hydrogens is 190 g/mol. The number of ether oxygens (including phenoxy) is 1. The van der Waals surface area contributed by atoms with Gasteiger partial charge in [0.15, 0.2) is 0 Å². The molecule has 0 spiro atoms. The van der Waals surface area contributed by atoms with Gasteiger partial charge >= 0.3 is 0 Å². The van der Waals surface area contributed by atoms with Crippen LogP contribution in [0.3, 0.4) is 0 Å². The lowest BCUT2D eigenvalue weighted by Gasteiger charge is -2.24. The molecule has 15 heavy (non-hydrogen) atoms. The number of anilines is 2. The predicted octanol–water partition coefficient (Wildman–Crippen LogP) is 1.56. The molecule has 3 N–H and O–H groups in total. The number of nitrogen functional groups attached to an aromatic ring is 1. The van der Waals surface area contributed by atoms with E-state index < -0.39 is 0 Å². The van der Waals surface area contributed by atoms with Crippen molar-refractivity contribution in [3.63, 3.8) is 0 Å². The van der Waals surface area contributed by atoms with Crippen LogP contribution in [0.15, 0.2) is 12.3 Å².